The van der Waals surface area contributed by atoms with E-state index in [0.29, 0.717) is 10.0 Å². The number of halogens is 2. The molecule has 0 aliphatic rings. The van der Waals surface area contributed by atoms with Crippen LogP contribution in [0.4, 0.5) is 0 Å². The van der Waals surface area contributed by atoms with Gasteiger partial charge in [-0.15, -0.1) is 0 Å². The fraction of sp³-hybridized carbons (Fsp3) is 0.250. The van der Waals surface area contributed by atoms with Crippen LogP contribution in [-0.2, 0) is 6.54 Å². The van der Waals surface area contributed by atoms with E-state index in [2.05, 4.69) is 18.3 Å². The minimum Gasteiger partial charge on any atom is -0.497 e. The van der Waals surface area contributed by atoms with Crippen molar-refractivity contribution >= 4 is 23.2 Å². The van der Waals surface area contributed by atoms with E-state index in [1.54, 1.807) is 7.11 Å². The van der Waals surface area contributed by atoms with Crippen molar-refractivity contribution in [3.05, 3.63) is 63.6 Å². The Kier molecular flexibility index (Phi) is 5.30. The van der Waals surface area contributed by atoms with Crippen LogP contribution in [0.3, 0.4) is 0 Å². The zero-order valence-electron chi connectivity index (χ0n) is 11.5. The van der Waals surface area contributed by atoms with Crippen molar-refractivity contribution in [1.82, 2.24) is 5.32 Å². The number of rotatable bonds is 5. The molecule has 0 unspecified atom stereocenters. The maximum Gasteiger partial charge on any atom is 0.119 e. The van der Waals surface area contributed by atoms with Crippen molar-refractivity contribution in [3.8, 4) is 5.75 Å². The molecule has 20 heavy (non-hydrogen) atoms. The number of benzene rings is 2. The summed E-state index contributed by atoms with van der Waals surface area (Å²) < 4.78 is 5.24. The quantitative estimate of drug-likeness (QED) is 0.852. The van der Waals surface area contributed by atoms with Gasteiger partial charge < -0.3 is 10.1 Å². The van der Waals surface area contributed by atoms with Gasteiger partial charge in [0.05, 0.1) is 17.2 Å². The lowest BCUT2D eigenvalue weighted by Crippen LogP contribution is -2.18. The monoisotopic (exact) mass is 309 g/mol. The zero-order valence-corrected chi connectivity index (χ0v) is 13.0. The molecule has 0 spiro atoms. The summed E-state index contributed by atoms with van der Waals surface area (Å²) in [5.41, 5.74) is 2.29. The third kappa shape index (κ3) is 3.89. The van der Waals surface area contributed by atoms with E-state index in [0.717, 1.165) is 17.9 Å². The van der Waals surface area contributed by atoms with Crippen LogP contribution in [0.2, 0.25) is 10.0 Å². The summed E-state index contributed by atoms with van der Waals surface area (Å²) in [6.07, 6.45) is 0. The van der Waals surface area contributed by atoms with Crippen molar-refractivity contribution in [2.75, 3.05) is 7.11 Å². The number of hydrogen-bond acceptors (Lipinski definition) is 2. The van der Waals surface area contributed by atoms with Crippen LogP contribution in [0.5, 0.6) is 5.75 Å². The van der Waals surface area contributed by atoms with E-state index in [1.807, 2.05) is 36.4 Å². The largest absolute Gasteiger partial charge is 0.497 e. The molecule has 1 atom stereocenters. The van der Waals surface area contributed by atoms with Gasteiger partial charge >= 0.3 is 0 Å². The van der Waals surface area contributed by atoms with Crippen LogP contribution in [-0.4, -0.2) is 7.11 Å². The van der Waals surface area contributed by atoms with Crippen molar-refractivity contribution in [2.45, 2.75) is 19.5 Å². The van der Waals surface area contributed by atoms with Crippen molar-refractivity contribution < 1.29 is 4.74 Å². The van der Waals surface area contributed by atoms with E-state index < -0.39 is 0 Å². The van der Waals surface area contributed by atoms with E-state index >= 15 is 0 Å². The number of hydrogen-bond donors (Lipinski definition) is 1. The lowest BCUT2D eigenvalue weighted by Gasteiger charge is -2.15. The predicted octanol–water partition coefficient (Wildman–Crippen LogP) is 4.85. The highest BCUT2D eigenvalue weighted by Crippen LogP contribution is 2.23. The number of nitrogens with one attached hydrogen (secondary N) is 1. The van der Waals surface area contributed by atoms with Crippen LogP contribution in [0.1, 0.15) is 24.1 Å². The van der Waals surface area contributed by atoms with Gasteiger partial charge in [0, 0.05) is 12.6 Å². The van der Waals surface area contributed by atoms with Gasteiger partial charge in [-0.05, 0) is 42.3 Å². The zero-order chi connectivity index (χ0) is 14.5. The smallest absolute Gasteiger partial charge is 0.119 e. The summed E-state index contributed by atoms with van der Waals surface area (Å²) in [5.74, 6) is 0.866. The highest BCUT2D eigenvalue weighted by Gasteiger charge is 2.06. The summed E-state index contributed by atoms with van der Waals surface area (Å²) in [5, 5.41) is 4.62. The maximum absolute atomic E-state index is 6.01. The molecular formula is C16H17Cl2NO. The average molecular weight is 310 g/mol. The van der Waals surface area contributed by atoms with E-state index in [4.69, 9.17) is 27.9 Å². The molecule has 2 aromatic carbocycles. The molecule has 1 N–H and O–H groups in total. The van der Waals surface area contributed by atoms with Gasteiger partial charge in [0.1, 0.15) is 5.75 Å². The first-order chi connectivity index (χ1) is 9.60. The first-order valence-electron chi connectivity index (χ1n) is 6.41. The third-order valence-corrected chi connectivity index (χ3v) is 3.93. The first kappa shape index (κ1) is 15.2. The first-order valence-corrected chi connectivity index (χ1v) is 7.17. The van der Waals surface area contributed by atoms with Crippen molar-refractivity contribution in [3.63, 3.8) is 0 Å². The molecule has 0 radical (unpaired) electrons. The molecule has 0 aliphatic carbocycles. The Morgan fingerprint density at radius 3 is 2.60 bits per heavy atom. The summed E-state index contributed by atoms with van der Waals surface area (Å²) in [6, 6.07) is 13.9. The van der Waals surface area contributed by atoms with Gasteiger partial charge in [0.2, 0.25) is 0 Å². The molecule has 106 valence electrons. The highest BCUT2D eigenvalue weighted by atomic mass is 35.5. The molecule has 0 bridgehead atoms. The van der Waals surface area contributed by atoms with Gasteiger partial charge in [0.15, 0.2) is 0 Å². The van der Waals surface area contributed by atoms with Crippen LogP contribution in [0.15, 0.2) is 42.5 Å². The maximum atomic E-state index is 6.01. The molecule has 0 fully saturated rings. The Morgan fingerprint density at radius 2 is 1.90 bits per heavy atom. The minimum absolute atomic E-state index is 0.222. The summed E-state index contributed by atoms with van der Waals surface area (Å²) >= 11 is 11.9. The standard InChI is InChI=1S/C16H17Cl2NO/c1-11(13-4-3-5-14(9-13)20-2)19-10-12-6-7-15(17)16(18)8-12/h3-9,11,19H,10H2,1-2H3/t11-/m0/s1. The van der Waals surface area contributed by atoms with Gasteiger partial charge in [-0.25, -0.2) is 0 Å². The molecule has 0 aliphatic heterocycles. The third-order valence-electron chi connectivity index (χ3n) is 3.19. The second-order valence-corrected chi connectivity index (χ2v) is 5.44. The Bertz CT molecular complexity index is 586. The van der Waals surface area contributed by atoms with Gasteiger partial charge in [-0.3, -0.25) is 0 Å². The predicted molar refractivity (Wildman–Crippen MR) is 84.7 cm³/mol. The van der Waals surface area contributed by atoms with Crippen molar-refractivity contribution in [2.24, 2.45) is 0 Å². The fourth-order valence-electron chi connectivity index (χ4n) is 1.95. The van der Waals surface area contributed by atoms with Gasteiger partial charge in [-0.2, -0.15) is 0 Å². The second-order valence-electron chi connectivity index (χ2n) is 4.63. The van der Waals surface area contributed by atoms with Gasteiger partial charge in [-0.1, -0.05) is 41.4 Å². The van der Waals surface area contributed by atoms with E-state index in [1.165, 1.54) is 5.56 Å². The molecule has 0 aromatic heterocycles. The summed E-state index contributed by atoms with van der Waals surface area (Å²) in [7, 11) is 1.67. The topological polar surface area (TPSA) is 21.3 Å². The average Bonchev–Trinajstić information content (AvgIpc) is 2.48. The molecular weight excluding hydrogens is 293 g/mol. The van der Waals surface area contributed by atoms with Crippen LogP contribution < -0.4 is 10.1 Å². The van der Waals surface area contributed by atoms with Crippen molar-refractivity contribution in [1.29, 1.82) is 0 Å². The Balaban J connectivity index is 2.00. The normalized spacial score (nSPS) is 12.2. The molecule has 0 saturated carbocycles. The molecule has 2 rings (SSSR count). The fourth-order valence-corrected chi connectivity index (χ4v) is 2.27. The minimum atomic E-state index is 0.222. The van der Waals surface area contributed by atoms with E-state index in [9.17, 15) is 0 Å². The number of methoxy groups -OCH3 is 1. The molecule has 2 aromatic rings. The van der Waals surface area contributed by atoms with Crippen LogP contribution in [0, 0.1) is 0 Å². The second kappa shape index (κ2) is 6.98. The Hall–Kier alpha value is -1.22. The van der Waals surface area contributed by atoms with Gasteiger partial charge in [0.25, 0.3) is 0 Å². The molecule has 4 heteroatoms. The summed E-state index contributed by atoms with van der Waals surface area (Å²) in [4.78, 5) is 0. The van der Waals surface area contributed by atoms with E-state index in [-0.39, 0.29) is 6.04 Å². The Labute approximate surface area is 129 Å². The molecule has 2 nitrogen and oxygen atoms in total. The van der Waals surface area contributed by atoms with Crippen LogP contribution in [0.25, 0.3) is 0 Å². The highest BCUT2D eigenvalue weighted by molar-refractivity contribution is 6.42. The lowest BCUT2D eigenvalue weighted by atomic mass is 10.1. The Morgan fingerprint density at radius 1 is 1.10 bits per heavy atom. The van der Waals surface area contributed by atoms with Crippen LogP contribution >= 0.6 is 23.2 Å². The number of ether oxygens (including phenoxy) is 1. The SMILES string of the molecule is COc1cccc([C@H](C)NCc2ccc(Cl)c(Cl)c2)c1. The molecule has 0 amide bonds. The summed E-state index contributed by atoms with van der Waals surface area (Å²) in [6.45, 7) is 2.85. The molecule has 0 heterocycles. The molecule has 0 saturated heterocycles. The lowest BCUT2D eigenvalue weighted by molar-refractivity contribution is 0.413.